The fourth-order valence-corrected chi connectivity index (χ4v) is 1.99. The average Bonchev–Trinajstić information content (AvgIpc) is 2.26. The molecule has 1 aromatic rings. The van der Waals surface area contributed by atoms with E-state index in [4.69, 9.17) is 5.11 Å². The fourth-order valence-electron chi connectivity index (χ4n) is 1.99. The van der Waals surface area contributed by atoms with Crippen LogP contribution in [0.2, 0.25) is 0 Å². The minimum absolute atomic E-state index is 0.278. The highest BCUT2D eigenvalue weighted by Gasteiger charge is 2.15. The highest BCUT2D eigenvalue weighted by molar-refractivity contribution is 5.88. The summed E-state index contributed by atoms with van der Waals surface area (Å²) in [7, 11) is 1.89. The topological polar surface area (TPSA) is 40.5 Å². The van der Waals surface area contributed by atoms with Crippen LogP contribution in [0.5, 0.6) is 0 Å². The highest BCUT2D eigenvalue weighted by atomic mass is 19.1. The maximum Gasteiger partial charge on any atom is 0.338 e. The van der Waals surface area contributed by atoms with E-state index in [0.717, 1.165) is 6.42 Å². The SMILES string of the molecule is CC(C)CC(C)N(C)c1ccc(C(=O)O)c(F)c1. The molecule has 100 valence electrons. The number of benzene rings is 1. The maximum absolute atomic E-state index is 13.6. The Kier molecular flexibility index (Phi) is 4.70. The molecule has 0 aromatic heterocycles. The van der Waals surface area contributed by atoms with E-state index in [1.165, 1.54) is 12.1 Å². The second-order valence-corrected chi connectivity index (χ2v) is 5.06. The first-order valence-electron chi connectivity index (χ1n) is 6.08. The molecule has 0 radical (unpaired) electrons. The first-order valence-corrected chi connectivity index (χ1v) is 6.08. The van der Waals surface area contributed by atoms with Gasteiger partial charge >= 0.3 is 5.97 Å². The van der Waals surface area contributed by atoms with Crippen LogP contribution in [0.25, 0.3) is 0 Å². The Balaban J connectivity index is 2.90. The zero-order valence-corrected chi connectivity index (χ0v) is 11.3. The largest absolute Gasteiger partial charge is 0.478 e. The van der Waals surface area contributed by atoms with Crippen molar-refractivity contribution in [3.05, 3.63) is 29.6 Å². The van der Waals surface area contributed by atoms with E-state index >= 15 is 0 Å². The van der Waals surface area contributed by atoms with Gasteiger partial charge in [-0.05, 0) is 37.5 Å². The molecule has 4 heteroatoms. The fraction of sp³-hybridized carbons (Fsp3) is 0.500. The van der Waals surface area contributed by atoms with Gasteiger partial charge in [-0.25, -0.2) is 9.18 Å². The molecule has 0 aliphatic heterocycles. The van der Waals surface area contributed by atoms with Gasteiger partial charge in [0, 0.05) is 18.8 Å². The number of hydrogen-bond acceptors (Lipinski definition) is 2. The summed E-state index contributed by atoms with van der Waals surface area (Å²) < 4.78 is 13.6. The lowest BCUT2D eigenvalue weighted by atomic mass is 10.0. The number of halogens is 1. The van der Waals surface area contributed by atoms with Crippen LogP contribution < -0.4 is 4.90 Å². The van der Waals surface area contributed by atoms with Crippen LogP contribution in [0.15, 0.2) is 18.2 Å². The molecule has 0 saturated carbocycles. The van der Waals surface area contributed by atoms with Crippen molar-refractivity contribution in [1.29, 1.82) is 0 Å². The van der Waals surface area contributed by atoms with Gasteiger partial charge in [-0.2, -0.15) is 0 Å². The lowest BCUT2D eigenvalue weighted by molar-refractivity contribution is 0.0692. The van der Waals surface area contributed by atoms with Gasteiger partial charge in [0.2, 0.25) is 0 Å². The number of carboxylic acids is 1. The molecule has 1 aromatic carbocycles. The van der Waals surface area contributed by atoms with Crippen molar-refractivity contribution in [2.75, 3.05) is 11.9 Å². The molecular formula is C14H20FNO2. The van der Waals surface area contributed by atoms with Crippen molar-refractivity contribution in [2.24, 2.45) is 5.92 Å². The van der Waals surface area contributed by atoms with Gasteiger partial charge in [-0.15, -0.1) is 0 Å². The monoisotopic (exact) mass is 253 g/mol. The molecule has 0 saturated heterocycles. The van der Waals surface area contributed by atoms with Gasteiger partial charge in [0.1, 0.15) is 5.82 Å². The Morgan fingerprint density at radius 1 is 1.39 bits per heavy atom. The second kappa shape index (κ2) is 5.85. The number of carbonyl (C=O) groups is 1. The summed E-state index contributed by atoms with van der Waals surface area (Å²) in [4.78, 5) is 12.7. The van der Waals surface area contributed by atoms with Crippen LogP contribution in [-0.4, -0.2) is 24.2 Å². The van der Waals surface area contributed by atoms with E-state index in [1.807, 2.05) is 11.9 Å². The number of aromatic carboxylic acids is 1. The summed E-state index contributed by atoms with van der Waals surface area (Å²) in [5, 5.41) is 8.77. The molecule has 1 N–H and O–H groups in total. The van der Waals surface area contributed by atoms with Gasteiger partial charge in [-0.1, -0.05) is 13.8 Å². The van der Waals surface area contributed by atoms with Crippen LogP contribution in [0.3, 0.4) is 0 Å². The van der Waals surface area contributed by atoms with E-state index in [0.29, 0.717) is 11.6 Å². The van der Waals surface area contributed by atoms with Gasteiger partial charge in [0.15, 0.2) is 0 Å². The third kappa shape index (κ3) is 3.45. The predicted octanol–water partition coefficient (Wildman–Crippen LogP) is 3.39. The van der Waals surface area contributed by atoms with Gasteiger partial charge in [-0.3, -0.25) is 0 Å². The van der Waals surface area contributed by atoms with Crippen molar-refractivity contribution >= 4 is 11.7 Å². The van der Waals surface area contributed by atoms with E-state index in [9.17, 15) is 9.18 Å². The molecule has 3 nitrogen and oxygen atoms in total. The minimum atomic E-state index is -1.24. The summed E-state index contributed by atoms with van der Waals surface area (Å²) in [6.45, 7) is 6.35. The molecule has 1 atom stereocenters. The Morgan fingerprint density at radius 2 is 2.00 bits per heavy atom. The summed E-state index contributed by atoms with van der Waals surface area (Å²) in [5.74, 6) is -1.37. The van der Waals surface area contributed by atoms with Crippen LogP contribution in [0.4, 0.5) is 10.1 Å². The first-order chi connectivity index (χ1) is 8.32. The molecule has 0 amide bonds. The maximum atomic E-state index is 13.6. The molecule has 1 rings (SSSR count). The Labute approximate surface area is 107 Å². The smallest absolute Gasteiger partial charge is 0.338 e. The van der Waals surface area contributed by atoms with E-state index in [-0.39, 0.29) is 11.6 Å². The third-order valence-electron chi connectivity index (χ3n) is 3.06. The third-order valence-corrected chi connectivity index (χ3v) is 3.06. The summed E-state index contributed by atoms with van der Waals surface area (Å²) in [5.41, 5.74) is 0.411. The Hall–Kier alpha value is -1.58. The van der Waals surface area contributed by atoms with Crippen LogP contribution in [0, 0.1) is 11.7 Å². The Bertz CT molecular complexity index is 432. The molecule has 0 bridgehead atoms. The molecule has 1 unspecified atom stereocenters. The summed E-state index contributed by atoms with van der Waals surface area (Å²) >= 11 is 0. The van der Waals surface area contributed by atoms with E-state index < -0.39 is 11.8 Å². The quantitative estimate of drug-likeness (QED) is 0.874. The molecule has 0 heterocycles. The standard InChI is InChI=1S/C14H20FNO2/c1-9(2)7-10(3)16(4)11-5-6-12(14(17)18)13(15)8-11/h5-6,8-10H,7H2,1-4H3,(H,17,18). The van der Waals surface area contributed by atoms with Crippen molar-refractivity contribution in [3.63, 3.8) is 0 Å². The number of carboxylic acid groups (broad SMARTS) is 1. The number of anilines is 1. The highest BCUT2D eigenvalue weighted by Crippen LogP contribution is 2.21. The van der Waals surface area contributed by atoms with Gasteiger partial charge in [0.25, 0.3) is 0 Å². The lowest BCUT2D eigenvalue weighted by Crippen LogP contribution is -2.30. The van der Waals surface area contributed by atoms with Crippen molar-refractivity contribution in [1.82, 2.24) is 0 Å². The second-order valence-electron chi connectivity index (χ2n) is 5.06. The number of hydrogen-bond donors (Lipinski definition) is 1. The van der Waals surface area contributed by atoms with Crippen molar-refractivity contribution in [2.45, 2.75) is 33.2 Å². The molecule has 0 aliphatic rings. The average molecular weight is 253 g/mol. The number of nitrogens with zero attached hydrogens (tertiary/aromatic N) is 1. The van der Waals surface area contributed by atoms with Crippen LogP contribution in [0.1, 0.15) is 37.6 Å². The molecule has 0 aliphatic carbocycles. The molecule has 18 heavy (non-hydrogen) atoms. The van der Waals surface area contributed by atoms with Crippen LogP contribution in [-0.2, 0) is 0 Å². The molecule has 0 spiro atoms. The van der Waals surface area contributed by atoms with E-state index in [1.54, 1.807) is 6.07 Å². The number of rotatable bonds is 5. The zero-order valence-electron chi connectivity index (χ0n) is 11.3. The predicted molar refractivity (Wildman–Crippen MR) is 70.7 cm³/mol. The van der Waals surface area contributed by atoms with Gasteiger partial charge in [0.05, 0.1) is 5.56 Å². The summed E-state index contributed by atoms with van der Waals surface area (Å²) in [6.07, 6.45) is 0.999. The lowest BCUT2D eigenvalue weighted by Gasteiger charge is -2.28. The van der Waals surface area contributed by atoms with E-state index in [2.05, 4.69) is 20.8 Å². The molecular weight excluding hydrogens is 233 g/mol. The zero-order chi connectivity index (χ0) is 13.9. The molecule has 0 fully saturated rings. The first kappa shape index (κ1) is 14.5. The van der Waals surface area contributed by atoms with Crippen molar-refractivity contribution < 1.29 is 14.3 Å². The Morgan fingerprint density at radius 3 is 2.44 bits per heavy atom. The van der Waals surface area contributed by atoms with Crippen molar-refractivity contribution in [3.8, 4) is 0 Å². The normalized spacial score (nSPS) is 12.6. The van der Waals surface area contributed by atoms with Gasteiger partial charge < -0.3 is 10.0 Å². The summed E-state index contributed by atoms with van der Waals surface area (Å²) in [6, 6.07) is 4.51. The minimum Gasteiger partial charge on any atom is -0.478 e. The van der Waals surface area contributed by atoms with Crippen LogP contribution >= 0.6 is 0 Å².